The highest BCUT2D eigenvalue weighted by Gasteiger charge is 2.23. The van der Waals surface area contributed by atoms with E-state index in [-0.39, 0.29) is 15.1 Å². The number of pyridine rings is 1. The highest BCUT2D eigenvalue weighted by molar-refractivity contribution is 7.89. The molecule has 0 aliphatic carbocycles. The molecule has 8 heteroatoms. The van der Waals surface area contributed by atoms with Gasteiger partial charge in [0, 0.05) is 26.3 Å². The Morgan fingerprint density at radius 1 is 1.35 bits per heavy atom. The lowest BCUT2D eigenvalue weighted by atomic mass is 10.4. The summed E-state index contributed by atoms with van der Waals surface area (Å²) in [6.45, 7) is 3.28. The van der Waals surface area contributed by atoms with Crippen molar-refractivity contribution in [1.82, 2.24) is 14.2 Å². The second kappa shape index (κ2) is 6.58. The molecule has 5 nitrogen and oxygen atoms in total. The monoisotopic (exact) mass is 337 g/mol. The SMILES string of the molecule is CN(CCN1CCCC1)S(=O)(=O)c1cnc(Cl)c(Cl)c1. The molecule has 0 radical (unpaired) electrons. The summed E-state index contributed by atoms with van der Waals surface area (Å²) >= 11 is 11.5. The Morgan fingerprint density at radius 2 is 2.00 bits per heavy atom. The average molecular weight is 338 g/mol. The van der Waals surface area contributed by atoms with E-state index >= 15 is 0 Å². The van der Waals surface area contributed by atoms with Crippen LogP contribution in [0.25, 0.3) is 0 Å². The summed E-state index contributed by atoms with van der Waals surface area (Å²) in [7, 11) is -2.01. The Labute approximate surface area is 129 Å². The van der Waals surface area contributed by atoms with Crippen molar-refractivity contribution >= 4 is 33.2 Å². The van der Waals surface area contributed by atoms with E-state index in [9.17, 15) is 8.42 Å². The van der Waals surface area contributed by atoms with E-state index in [0.29, 0.717) is 6.54 Å². The lowest BCUT2D eigenvalue weighted by Crippen LogP contribution is -2.35. The van der Waals surface area contributed by atoms with Crippen LogP contribution in [0.4, 0.5) is 0 Å². The summed E-state index contributed by atoms with van der Waals surface area (Å²) in [6, 6.07) is 1.33. The molecule has 1 fully saturated rings. The molecule has 2 rings (SSSR count). The predicted octanol–water partition coefficient (Wildman–Crippen LogP) is 2.10. The number of sulfonamides is 1. The third kappa shape index (κ3) is 3.62. The molecule has 112 valence electrons. The summed E-state index contributed by atoms with van der Waals surface area (Å²) in [6.07, 6.45) is 3.61. The van der Waals surface area contributed by atoms with Gasteiger partial charge < -0.3 is 4.90 Å². The van der Waals surface area contributed by atoms with Crippen LogP contribution in [-0.2, 0) is 10.0 Å². The molecule has 0 bridgehead atoms. The van der Waals surface area contributed by atoms with E-state index in [0.717, 1.165) is 19.6 Å². The molecular formula is C12H17Cl2N3O2S. The van der Waals surface area contributed by atoms with Crippen molar-refractivity contribution in [2.45, 2.75) is 17.7 Å². The van der Waals surface area contributed by atoms with Gasteiger partial charge in [-0.1, -0.05) is 23.2 Å². The topological polar surface area (TPSA) is 53.5 Å². The molecular weight excluding hydrogens is 321 g/mol. The molecule has 1 aromatic rings. The van der Waals surface area contributed by atoms with E-state index in [1.165, 1.54) is 29.4 Å². The maximum absolute atomic E-state index is 12.4. The van der Waals surface area contributed by atoms with Gasteiger partial charge in [0.05, 0.1) is 5.02 Å². The van der Waals surface area contributed by atoms with E-state index in [1.807, 2.05) is 0 Å². The molecule has 0 amide bonds. The molecule has 0 saturated carbocycles. The summed E-state index contributed by atoms with van der Waals surface area (Å²) in [5.74, 6) is 0. The molecule has 1 saturated heterocycles. The second-order valence-corrected chi connectivity index (χ2v) is 7.63. The highest BCUT2D eigenvalue weighted by atomic mass is 35.5. The van der Waals surface area contributed by atoms with Crippen LogP contribution in [0.15, 0.2) is 17.2 Å². The van der Waals surface area contributed by atoms with Crippen molar-refractivity contribution < 1.29 is 8.42 Å². The number of nitrogens with zero attached hydrogens (tertiary/aromatic N) is 3. The lowest BCUT2D eigenvalue weighted by molar-refractivity contribution is 0.310. The first-order chi connectivity index (χ1) is 9.41. The Bertz CT molecular complexity index is 574. The number of hydrogen-bond donors (Lipinski definition) is 0. The van der Waals surface area contributed by atoms with Crippen molar-refractivity contribution in [3.63, 3.8) is 0 Å². The first-order valence-corrected chi connectivity index (χ1v) is 8.60. The van der Waals surface area contributed by atoms with Gasteiger partial charge in [-0.05, 0) is 32.0 Å². The lowest BCUT2D eigenvalue weighted by Gasteiger charge is -2.21. The molecule has 20 heavy (non-hydrogen) atoms. The van der Waals surface area contributed by atoms with Crippen LogP contribution < -0.4 is 0 Å². The second-order valence-electron chi connectivity index (χ2n) is 4.82. The van der Waals surface area contributed by atoms with Crippen LogP contribution in [0.5, 0.6) is 0 Å². The third-order valence-corrected chi connectivity index (χ3v) is 5.92. The van der Waals surface area contributed by atoms with Crippen molar-refractivity contribution in [2.24, 2.45) is 0 Å². The Balaban J connectivity index is 2.06. The van der Waals surface area contributed by atoms with Crippen LogP contribution in [0.2, 0.25) is 10.2 Å². The maximum Gasteiger partial charge on any atom is 0.244 e. The first-order valence-electron chi connectivity index (χ1n) is 6.41. The number of halogens is 2. The first kappa shape index (κ1) is 16.0. The molecule has 0 spiro atoms. The number of likely N-dealkylation sites (N-methyl/N-ethyl adjacent to an activating group) is 1. The van der Waals surface area contributed by atoms with Crippen molar-refractivity contribution in [3.8, 4) is 0 Å². The molecule has 0 aromatic carbocycles. The van der Waals surface area contributed by atoms with Gasteiger partial charge in [-0.25, -0.2) is 13.4 Å². The Hall–Kier alpha value is -0.400. The zero-order valence-corrected chi connectivity index (χ0v) is 13.5. The van der Waals surface area contributed by atoms with E-state index in [4.69, 9.17) is 23.2 Å². The molecule has 2 heterocycles. The summed E-state index contributed by atoms with van der Waals surface area (Å²) in [4.78, 5) is 6.11. The molecule has 0 N–H and O–H groups in total. The van der Waals surface area contributed by atoms with E-state index in [2.05, 4.69) is 9.88 Å². The fourth-order valence-electron chi connectivity index (χ4n) is 2.13. The van der Waals surface area contributed by atoms with Gasteiger partial charge in [0.2, 0.25) is 10.0 Å². The molecule has 1 aliphatic heterocycles. The van der Waals surface area contributed by atoms with Gasteiger partial charge in [-0.2, -0.15) is 4.31 Å². The van der Waals surface area contributed by atoms with Crippen LogP contribution in [0, 0.1) is 0 Å². The van der Waals surface area contributed by atoms with Crippen LogP contribution in [0.1, 0.15) is 12.8 Å². The third-order valence-electron chi connectivity index (χ3n) is 3.41. The fraction of sp³-hybridized carbons (Fsp3) is 0.583. The van der Waals surface area contributed by atoms with Crippen molar-refractivity contribution in [2.75, 3.05) is 33.2 Å². The molecule has 0 atom stereocenters. The maximum atomic E-state index is 12.4. The number of hydrogen-bond acceptors (Lipinski definition) is 4. The normalized spacial score (nSPS) is 17.0. The predicted molar refractivity (Wildman–Crippen MR) is 79.7 cm³/mol. The van der Waals surface area contributed by atoms with Crippen molar-refractivity contribution in [1.29, 1.82) is 0 Å². The van der Waals surface area contributed by atoms with Crippen LogP contribution in [0.3, 0.4) is 0 Å². The van der Waals surface area contributed by atoms with Gasteiger partial charge in [0.25, 0.3) is 0 Å². The van der Waals surface area contributed by atoms with Crippen LogP contribution in [-0.4, -0.2) is 55.8 Å². The van der Waals surface area contributed by atoms with Gasteiger partial charge >= 0.3 is 0 Å². The summed E-state index contributed by atoms with van der Waals surface area (Å²) in [5.41, 5.74) is 0. The average Bonchev–Trinajstić information content (AvgIpc) is 2.92. The molecule has 0 unspecified atom stereocenters. The van der Waals surface area contributed by atoms with Gasteiger partial charge in [-0.15, -0.1) is 0 Å². The molecule has 1 aliphatic rings. The van der Waals surface area contributed by atoms with E-state index < -0.39 is 10.0 Å². The highest BCUT2D eigenvalue weighted by Crippen LogP contribution is 2.23. The Kier molecular flexibility index (Phi) is 5.25. The Morgan fingerprint density at radius 3 is 2.60 bits per heavy atom. The minimum Gasteiger partial charge on any atom is -0.302 e. The zero-order valence-electron chi connectivity index (χ0n) is 11.2. The number of likely N-dealkylation sites (tertiary alicyclic amines) is 1. The van der Waals surface area contributed by atoms with Crippen LogP contribution >= 0.6 is 23.2 Å². The van der Waals surface area contributed by atoms with Crippen molar-refractivity contribution in [3.05, 3.63) is 22.4 Å². The number of rotatable bonds is 5. The fourth-order valence-corrected chi connectivity index (χ4v) is 3.60. The smallest absolute Gasteiger partial charge is 0.244 e. The standard InChI is InChI=1S/C12H17Cl2N3O2S/c1-16(6-7-17-4-2-3-5-17)20(18,19)10-8-11(13)12(14)15-9-10/h8-9H,2-7H2,1H3. The largest absolute Gasteiger partial charge is 0.302 e. The van der Waals surface area contributed by atoms with Gasteiger partial charge in [0.15, 0.2) is 0 Å². The summed E-state index contributed by atoms with van der Waals surface area (Å²) in [5, 5.41) is 0.242. The quantitative estimate of drug-likeness (QED) is 0.772. The minimum atomic E-state index is -3.57. The zero-order chi connectivity index (χ0) is 14.8. The van der Waals surface area contributed by atoms with Gasteiger partial charge in [0.1, 0.15) is 10.0 Å². The molecule has 1 aromatic heterocycles. The van der Waals surface area contributed by atoms with Gasteiger partial charge in [-0.3, -0.25) is 0 Å². The van der Waals surface area contributed by atoms with E-state index in [1.54, 1.807) is 7.05 Å². The minimum absolute atomic E-state index is 0.0656. The summed E-state index contributed by atoms with van der Waals surface area (Å²) < 4.78 is 26.1. The number of aromatic nitrogens is 1.